The Labute approximate surface area is 113 Å². The van der Waals surface area contributed by atoms with Crippen LogP contribution in [0.15, 0.2) is 18.2 Å². The number of rotatable bonds is 3. The summed E-state index contributed by atoms with van der Waals surface area (Å²) >= 11 is -1.01. The monoisotopic (exact) mass is 265 g/mol. The van der Waals surface area contributed by atoms with Crippen LogP contribution in [0.1, 0.15) is 56.8 Å². The fourth-order valence-electron chi connectivity index (χ4n) is 2.46. The second-order valence-electron chi connectivity index (χ2n) is 6.06. The molecule has 0 bridgehead atoms. The molecule has 0 amide bonds. The van der Waals surface area contributed by atoms with E-state index in [1.165, 1.54) is 36.0 Å². The average molecular weight is 265 g/mol. The van der Waals surface area contributed by atoms with Crippen LogP contribution in [0.25, 0.3) is 0 Å². The molecule has 1 N–H and O–H groups in total. The maximum atomic E-state index is 12.1. The van der Waals surface area contributed by atoms with E-state index in [1.807, 2.05) is 20.8 Å². The highest BCUT2D eigenvalue weighted by Gasteiger charge is 2.29. The largest absolute Gasteiger partial charge is 0.598 e. The summed E-state index contributed by atoms with van der Waals surface area (Å²) in [5.41, 5.74) is 4.27. The number of benzene rings is 1. The van der Waals surface area contributed by atoms with Gasteiger partial charge in [0, 0.05) is 11.4 Å². The molecule has 2 nitrogen and oxygen atoms in total. The van der Waals surface area contributed by atoms with Crippen LogP contribution in [0.2, 0.25) is 0 Å². The molecule has 0 saturated carbocycles. The van der Waals surface area contributed by atoms with E-state index < -0.39 is 11.4 Å². The third kappa shape index (κ3) is 2.90. The first-order valence-electron chi connectivity index (χ1n) is 6.68. The lowest BCUT2D eigenvalue weighted by molar-refractivity contribution is 0.530. The molecule has 0 aromatic heterocycles. The molecule has 3 heteroatoms. The molecule has 0 spiro atoms. The van der Waals surface area contributed by atoms with Crippen molar-refractivity contribution < 1.29 is 4.55 Å². The molecule has 0 fully saturated rings. The fraction of sp³-hybridized carbons (Fsp3) is 0.600. The van der Waals surface area contributed by atoms with E-state index in [1.54, 1.807) is 0 Å². The highest BCUT2D eigenvalue weighted by Crippen LogP contribution is 2.30. The molecule has 1 aromatic carbocycles. The van der Waals surface area contributed by atoms with E-state index in [-0.39, 0.29) is 10.8 Å². The van der Waals surface area contributed by atoms with Gasteiger partial charge in [-0.15, -0.1) is 4.72 Å². The summed E-state index contributed by atoms with van der Waals surface area (Å²) in [7, 11) is 0. The molecule has 1 aromatic rings. The van der Waals surface area contributed by atoms with Gasteiger partial charge >= 0.3 is 0 Å². The van der Waals surface area contributed by atoms with E-state index in [0.29, 0.717) is 0 Å². The molecule has 1 aliphatic carbocycles. The van der Waals surface area contributed by atoms with Crippen molar-refractivity contribution in [1.82, 2.24) is 4.72 Å². The van der Waals surface area contributed by atoms with Crippen LogP contribution >= 0.6 is 0 Å². The molecular weight excluding hydrogens is 242 g/mol. The van der Waals surface area contributed by atoms with Crippen LogP contribution in [0.5, 0.6) is 0 Å². The molecule has 2 rings (SSSR count). The average Bonchev–Trinajstić information content (AvgIpc) is 2.74. The van der Waals surface area contributed by atoms with Gasteiger partial charge in [-0.2, -0.15) is 0 Å². The lowest BCUT2D eigenvalue weighted by atomic mass is 9.99. The van der Waals surface area contributed by atoms with Crippen molar-refractivity contribution in [3.8, 4) is 0 Å². The Morgan fingerprint density at radius 3 is 2.67 bits per heavy atom. The number of nitrogens with one attached hydrogen (secondary N) is 1. The quantitative estimate of drug-likeness (QED) is 0.851. The van der Waals surface area contributed by atoms with Gasteiger partial charge in [0.1, 0.15) is 4.75 Å². The lowest BCUT2D eigenvalue weighted by Gasteiger charge is -2.27. The number of hydrogen-bond acceptors (Lipinski definition) is 2. The molecule has 0 aliphatic heterocycles. The Hall–Kier alpha value is -0.510. The topological polar surface area (TPSA) is 35.1 Å². The van der Waals surface area contributed by atoms with Gasteiger partial charge in [-0.25, -0.2) is 0 Å². The van der Waals surface area contributed by atoms with Gasteiger partial charge in [-0.3, -0.25) is 0 Å². The van der Waals surface area contributed by atoms with Crippen molar-refractivity contribution >= 4 is 11.4 Å². The summed E-state index contributed by atoms with van der Waals surface area (Å²) in [5, 5.41) is 0. The van der Waals surface area contributed by atoms with Gasteiger partial charge < -0.3 is 4.55 Å². The van der Waals surface area contributed by atoms with Crippen LogP contribution in [-0.4, -0.2) is 9.30 Å². The van der Waals surface area contributed by atoms with E-state index in [2.05, 4.69) is 29.8 Å². The second kappa shape index (κ2) is 5.24. The molecule has 0 saturated heterocycles. The standard InChI is InChI=1S/C15H23NOS/c1-11(16-18(17)15(2,3)4)13-9-5-7-12-8-6-10-14(12)13/h5,7,9,11,16H,6,8,10H2,1-4H3/t11?,18-/m1/s1. The summed E-state index contributed by atoms with van der Waals surface area (Å²) < 4.78 is 15.2. The maximum absolute atomic E-state index is 12.1. The summed E-state index contributed by atoms with van der Waals surface area (Å²) in [6.45, 7) is 8.10. The van der Waals surface area contributed by atoms with Crippen LogP contribution < -0.4 is 4.72 Å². The number of aryl methyl sites for hydroxylation is 1. The van der Waals surface area contributed by atoms with Crippen molar-refractivity contribution in [2.45, 2.75) is 57.7 Å². The maximum Gasteiger partial charge on any atom is 0.136 e. The molecule has 18 heavy (non-hydrogen) atoms. The van der Waals surface area contributed by atoms with Crippen LogP contribution in [0, 0.1) is 0 Å². The minimum absolute atomic E-state index is 0.151. The molecule has 100 valence electrons. The van der Waals surface area contributed by atoms with Crippen molar-refractivity contribution in [2.24, 2.45) is 0 Å². The zero-order valence-electron chi connectivity index (χ0n) is 11.7. The third-order valence-corrected chi connectivity index (χ3v) is 5.17. The Kier molecular flexibility index (Phi) is 4.05. The van der Waals surface area contributed by atoms with Gasteiger partial charge in [-0.05, 0) is 63.6 Å². The van der Waals surface area contributed by atoms with E-state index in [0.717, 1.165) is 0 Å². The lowest BCUT2D eigenvalue weighted by Crippen LogP contribution is -2.40. The highest BCUT2D eigenvalue weighted by molar-refractivity contribution is 7.90. The Morgan fingerprint density at radius 2 is 2.00 bits per heavy atom. The Balaban J connectivity index is 2.15. The SMILES string of the molecule is CC(N[S@+]([O-])C(C)(C)C)c1cccc2c1CCC2. The predicted molar refractivity (Wildman–Crippen MR) is 77.9 cm³/mol. The van der Waals surface area contributed by atoms with Crippen molar-refractivity contribution in [1.29, 1.82) is 0 Å². The molecular formula is C15H23NOS. The molecule has 1 aliphatic rings. The highest BCUT2D eigenvalue weighted by atomic mass is 32.2. The van der Waals surface area contributed by atoms with Crippen molar-refractivity contribution in [3.63, 3.8) is 0 Å². The number of fused-ring (bicyclic) bond motifs is 1. The van der Waals surface area contributed by atoms with Gasteiger partial charge in [0.2, 0.25) is 0 Å². The van der Waals surface area contributed by atoms with E-state index >= 15 is 0 Å². The predicted octanol–water partition coefficient (Wildman–Crippen LogP) is 3.29. The van der Waals surface area contributed by atoms with E-state index in [9.17, 15) is 4.55 Å². The van der Waals surface area contributed by atoms with Crippen molar-refractivity contribution in [2.75, 3.05) is 0 Å². The summed E-state index contributed by atoms with van der Waals surface area (Å²) in [4.78, 5) is 0. The molecule has 1 unspecified atom stereocenters. The van der Waals surface area contributed by atoms with Gasteiger partial charge in [0.05, 0.1) is 6.04 Å². The fourth-order valence-corrected chi connectivity index (χ4v) is 3.26. The normalized spacial score (nSPS) is 18.5. The molecule has 2 atom stereocenters. The second-order valence-corrected chi connectivity index (χ2v) is 8.06. The zero-order valence-corrected chi connectivity index (χ0v) is 12.6. The van der Waals surface area contributed by atoms with Crippen molar-refractivity contribution in [3.05, 3.63) is 34.9 Å². The Bertz CT molecular complexity index is 425. The minimum Gasteiger partial charge on any atom is -0.598 e. The minimum atomic E-state index is -1.01. The first-order valence-corrected chi connectivity index (χ1v) is 7.83. The summed E-state index contributed by atoms with van der Waals surface area (Å²) in [6, 6.07) is 6.66. The van der Waals surface area contributed by atoms with Gasteiger partial charge in [0.25, 0.3) is 0 Å². The zero-order chi connectivity index (χ0) is 13.3. The first kappa shape index (κ1) is 13.9. The van der Waals surface area contributed by atoms with Gasteiger partial charge in [-0.1, -0.05) is 18.2 Å². The Morgan fingerprint density at radius 1 is 1.28 bits per heavy atom. The number of hydrogen-bond donors (Lipinski definition) is 1. The van der Waals surface area contributed by atoms with Crippen LogP contribution in [0.4, 0.5) is 0 Å². The molecule has 0 radical (unpaired) electrons. The summed E-state index contributed by atoms with van der Waals surface area (Å²) in [6.07, 6.45) is 3.61. The van der Waals surface area contributed by atoms with Crippen LogP contribution in [-0.2, 0) is 24.2 Å². The summed E-state index contributed by atoms with van der Waals surface area (Å²) in [5.74, 6) is 0. The van der Waals surface area contributed by atoms with Crippen LogP contribution in [0.3, 0.4) is 0 Å². The van der Waals surface area contributed by atoms with Gasteiger partial charge in [0.15, 0.2) is 0 Å². The molecule has 0 heterocycles. The third-order valence-electron chi connectivity index (χ3n) is 3.49. The first-order chi connectivity index (χ1) is 8.39. The van der Waals surface area contributed by atoms with E-state index in [4.69, 9.17) is 0 Å². The smallest absolute Gasteiger partial charge is 0.136 e.